The van der Waals surface area contributed by atoms with Crippen molar-refractivity contribution in [3.8, 4) is 0 Å². The van der Waals surface area contributed by atoms with Gasteiger partial charge in [-0.2, -0.15) is 0 Å². The van der Waals surface area contributed by atoms with E-state index in [0.29, 0.717) is 31.9 Å². The van der Waals surface area contributed by atoms with Crippen molar-refractivity contribution < 1.29 is 14.0 Å². The average Bonchev–Trinajstić information content (AvgIpc) is 3.33. The van der Waals surface area contributed by atoms with Crippen molar-refractivity contribution in [2.45, 2.75) is 0 Å². The van der Waals surface area contributed by atoms with Gasteiger partial charge in [-0.05, 0) is 28.8 Å². The quantitative estimate of drug-likeness (QED) is 0.643. The molecule has 0 saturated carbocycles. The van der Waals surface area contributed by atoms with Crippen LogP contribution < -0.4 is 0 Å². The van der Waals surface area contributed by atoms with Gasteiger partial charge in [0.25, 0.3) is 5.91 Å². The van der Waals surface area contributed by atoms with Gasteiger partial charge in [-0.25, -0.2) is 0 Å². The lowest BCUT2D eigenvalue weighted by atomic mass is 9.97. The molecule has 1 aliphatic heterocycles. The highest BCUT2D eigenvalue weighted by Crippen LogP contribution is 2.23. The van der Waals surface area contributed by atoms with Crippen molar-refractivity contribution in [2.75, 3.05) is 26.2 Å². The number of hydrogen-bond donors (Lipinski definition) is 0. The summed E-state index contributed by atoms with van der Waals surface area (Å²) >= 11 is 0. The maximum Gasteiger partial charge on any atom is 0.289 e. The van der Waals surface area contributed by atoms with E-state index in [1.54, 1.807) is 28.0 Å². The molecule has 0 bridgehead atoms. The maximum absolute atomic E-state index is 13.0. The van der Waals surface area contributed by atoms with Gasteiger partial charge in [-0.15, -0.1) is 0 Å². The molecule has 1 saturated heterocycles. The van der Waals surface area contributed by atoms with Crippen molar-refractivity contribution in [2.24, 2.45) is 0 Å². The molecule has 146 valence electrons. The van der Waals surface area contributed by atoms with Gasteiger partial charge in [0.2, 0.25) is 5.91 Å². The van der Waals surface area contributed by atoms with E-state index in [0.717, 1.165) is 16.7 Å². The Bertz CT molecular complexity index is 946. The number of hydrogen-bond acceptors (Lipinski definition) is 3. The lowest BCUT2D eigenvalue weighted by Crippen LogP contribution is -2.50. The van der Waals surface area contributed by atoms with Gasteiger partial charge in [0, 0.05) is 32.3 Å². The number of nitrogens with zero attached hydrogens (tertiary/aromatic N) is 2. The number of carbonyl (C=O) groups is 2. The third-order valence-corrected chi connectivity index (χ3v) is 5.05. The van der Waals surface area contributed by atoms with E-state index in [-0.39, 0.29) is 11.8 Å². The van der Waals surface area contributed by atoms with Crippen molar-refractivity contribution >= 4 is 17.4 Å². The molecule has 1 aromatic heterocycles. The number of piperazine rings is 1. The van der Waals surface area contributed by atoms with E-state index in [1.165, 1.54) is 6.26 Å². The molecule has 3 aromatic rings. The minimum Gasteiger partial charge on any atom is -0.459 e. The zero-order valence-electron chi connectivity index (χ0n) is 16.0. The third kappa shape index (κ3) is 4.29. The first kappa shape index (κ1) is 18.7. The van der Waals surface area contributed by atoms with Gasteiger partial charge in [-0.1, -0.05) is 60.7 Å². The molecule has 2 heterocycles. The molecular formula is C24H22N2O3. The summed E-state index contributed by atoms with van der Waals surface area (Å²) in [6.45, 7) is 1.98. The van der Waals surface area contributed by atoms with Crippen LogP contribution in [0.2, 0.25) is 0 Å². The number of rotatable bonds is 4. The van der Waals surface area contributed by atoms with Gasteiger partial charge in [-0.3, -0.25) is 9.59 Å². The Morgan fingerprint density at radius 2 is 1.28 bits per heavy atom. The predicted octanol–water partition coefficient (Wildman–Crippen LogP) is 3.70. The molecule has 29 heavy (non-hydrogen) atoms. The first-order valence-electron chi connectivity index (χ1n) is 9.66. The Kier molecular flexibility index (Phi) is 5.56. The van der Waals surface area contributed by atoms with Crippen LogP contribution in [0, 0.1) is 0 Å². The van der Waals surface area contributed by atoms with Crippen LogP contribution >= 0.6 is 0 Å². The first-order valence-corrected chi connectivity index (χ1v) is 9.66. The minimum absolute atomic E-state index is 0.0437. The highest BCUT2D eigenvalue weighted by Gasteiger charge is 2.25. The summed E-state index contributed by atoms with van der Waals surface area (Å²) in [5.41, 5.74) is 2.89. The normalized spacial score (nSPS) is 13.8. The van der Waals surface area contributed by atoms with Crippen LogP contribution in [0.3, 0.4) is 0 Å². The van der Waals surface area contributed by atoms with E-state index in [4.69, 9.17) is 4.42 Å². The Hall–Kier alpha value is -3.60. The van der Waals surface area contributed by atoms with E-state index in [9.17, 15) is 9.59 Å². The molecule has 5 nitrogen and oxygen atoms in total. The van der Waals surface area contributed by atoms with Gasteiger partial charge < -0.3 is 14.2 Å². The second-order valence-electron chi connectivity index (χ2n) is 6.88. The van der Waals surface area contributed by atoms with Crippen LogP contribution in [0.1, 0.15) is 21.7 Å². The van der Waals surface area contributed by atoms with Gasteiger partial charge >= 0.3 is 0 Å². The molecule has 0 N–H and O–H groups in total. The van der Waals surface area contributed by atoms with E-state index in [2.05, 4.69) is 0 Å². The van der Waals surface area contributed by atoms with Gasteiger partial charge in [0.1, 0.15) is 0 Å². The van der Waals surface area contributed by atoms with Gasteiger partial charge in [0.05, 0.1) is 6.26 Å². The minimum atomic E-state index is -0.132. The van der Waals surface area contributed by atoms with E-state index < -0.39 is 0 Å². The molecule has 2 aromatic carbocycles. The van der Waals surface area contributed by atoms with E-state index >= 15 is 0 Å². The van der Waals surface area contributed by atoms with Crippen LogP contribution in [-0.2, 0) is 4.79 Å². The first-order chi connectivity index (χ1) is 14.2. The zero-order valence-corrected chi connectivity index (χ0v) is 16.0. The Balaban J connectivity index is 1.49. The molecule has 0 aliphatic carbocycles. The largest absolute Gasteiger partial charge is 0.459 e. The number of amides is 2. The van der Waals surface area contributed by atoms with Crippen molar-refractivity contribution in [3.63, 3.8) is 0 Å². The summed E-state index contributed by atoms with van der Waals surface area (Å²) in [7, 11) is 0. The summed E-state index contributed by atoms with van der Waals surface area (Å²) in [5.74, 6) is 0.157. The fourth-order valence-corrected chi connectivity index (χ4v) is 3.47. The molecule has 0 unspecified atom stereocenters. The summed E-state index contributed by atoms with van der Waals surface area (Å²) in [4.78, 5) is 28.9. The molecule has 0 atom stereocenters. The Labute approximate surface area is 169 Å². The SMILES string of the molecule is O=C(C=C(c1ccccc1)c1ccccc1)N1CCN(C(=O)c2ccco2)CC1. The number of carbonyl (C=O) groups excluding carboxylic acids is 2. The molecule has 0 radical (unpaired) electrons. The molecular weight excluding hydrogens is 364 g/mol. The maximum atomic E-state index is 13.0. The third-order valence-electron chi connectivity index (χ3n) is 5.05. The highest BCUT2D eigenvalue weighted by atomic mass is 16.3. The summed E-state index contributed by atoms with van der Waals surface area (Å²) in [6.07, 6.45) is 3.20. The number of furan rings is 1. The second kappa shape index (κ2) is 8.61. The topological polar surface area (TPSA) is 53.8 Å². The standard InChI is InChI=1S/C24H22N2O3/c27-23(25-13-15-26(16-14-25)24(28)22-12-7-17-29-22)18-21(19-8-3-1-4-9-19)20-10-5-2-6-11-20/h1-12,17-18H,13-16H2. The molecule has 1 fully saturated rings. The molecule has 5 heteroatoms. The smallest absolute Gasteiger partial charge is 0.289 e. The average molecular weight is 386 g/mol. The molecule has 1 aliphatic rings. The Morgan fingerprint density at radius 1 is 0.724 bits per heavy atom. The zero-order chi connectivity index (χ0) is 20.1. The second-order valence-corrected chi connectivity index (χ2v) is 6.88. The van der Waals surface area contributed by atoms with Crippen molar-refractivity contribution in [1.82, 2.24) is 9.80 Å². The molecule has 0 spiro atoms. The lowest BCUT2D eigenvalue weighted by molar-refractivity contribution is -0.127. The number of benzene rings is 2. The van der Waals surface area contributed by atoms with Gasteiger partial charge in [0.15, 0.2) is 5.76 Å². The van der Waals surface area contributed by atoms with Crippen LogP contribution in [0.4, 0.5) is 0 Å². The monoisotopic (exact) mass is 386 g/mol. The van der Waals surface area contributed by atoms with Crippen molar-refractivity contribution in [3.05, 3.63) is 102 Å². The summed E-state index contributed by atoms with van der Waals surface area (Å²) < 4.78 is 5.19. The summed E-state index contributed by atoms with van der Waals surface area (Å²) in [5, 5.41) is 0. The molecule has 2 amide bonds. The van der Waals surface area contributed by atoms with Crippen LogP contribution in [0.25, 0.3) is 5.57 Å². The van der Waals surface area contributed by atoms with E-state index in [1.807, 2.05) is 60.7 Å². The highest BCUT2D eigenvalue weighted by molar-refractivity contribution is 5.99. The van der Waals surface area contributed by atoms with Crippen LogP contribution in [0.5, 0.6) is 0 Å². The Morgan fingerprint density at radius 3 is 1.79 bits per heavy atom. The lowest BCUT2D eigenvalue weighted by Gasteiger charge is -2.34. The van der Waals surface area contributed by atoms with Crippen molar-refractivity contribution in [1.29, 1.82) is 0 Å². The fraction of sp³-hybridized carbons (Fsp3) is 0.167. The summed E-state index contributed by atoms with van der Waals surface area (Å²) in [6, 6.07) is 23.2. The van der Waals surface area contributed by atoms with Crippen LogP contribution in [0.15, 0.2) is 89.6 Å². The predicted molar refractivity (Wildman–Crippen MR) is 111 cm³/mol. The van der Waals surface area contributed by atoms with Crippen LogP contribution in [-0.4, -0.2) is 47.8 Å². The fourth-order valence-electron chi connectivity index (χ4n) is 3.47. The molecule has 4 rings (SSSR count).